The molecule has 26 heavy (non-hydrogen) atoms. The second kappa shape index (κ2) is 13.8. The van der Waals surface area contributed by atoms with Gasteiger partial charge in [-0.3, -0.25) is 4.52 Å². The number of unbranched alkanes of at least 4 members (excludes halogenated alkanes) is 7. The van der Waals surface area contributed by atoms with Gasteiger partial charge in [0.2, 0.25) is 0 Å². The van der Waals surface area contributed by atoms with Crippen molar-refractivity contribution in [2.75, 3.05) is 6.61 Å². The lowest BCUT2D eigenvalue weighted by Crippen LogP contribution is -1.94. The van der Waals surface area contributed by atoms with Crippen LogP contribution in [0.1, 0.15) is 78.6 Å². The van der Waals surface area contributed by atoms with Crippen molar-refractivity contribution in [3.8, 4) is 0 Å². The Morgan fingerprint density at radius 2 is 1.38 bits per heavy atom. The third-order valence-corrected chi connectivity index (χ3v) is 5.86. The van der Waals surface area contributed by atoms with Crippen molar-refractivity contribution in [1.29, 1.82) is 0 Å². The van der Waals surface area contributed by atoms with Gasteiger partial charge in [-0.15, -0.1) is 0 Å². The van der Waals surface area contributed by atoms with Crippen molar-refractivity contribution >= 4 is 15.6 Å². The first-order chi connectivity index (χ1) is 12.0. The monoisotopic (exact) mass is 412 g/mol. The first-order valence-corrected chi connectivity index (χ1v) is 12.1. The highest BCUT2D eigenvalue weighted by molar-refractivity contribution is 7.60. The Bertz CT molecular complexity index is 533. The molecule has 0 aliphatic heterocycles. The summed E-state index contributed by atoms with van der Waals surface area (Å²) in [6.07, 6.45) is 14.4. The van der Waals surface area contributed by atoms with Gasteiger partial charge in [-0.05, 0) is 46.5 Å². The lowest BCUT2D eigenvalue weighted by Gasteiger charge is -2.11. The van der Waals surface area contributed by atoms with Crippen LogP contribution in [0.15, 0.2) is 23.3 Å². The first-order valence-electron chi connectivity index (χ1n) is 9.05. The Morgan fingerprint density at radius 3 is 1.92 bits per heavy atom. The first kappa shape index (κ1) is 25.7. The van der Waals surface area contributed by atoms with Crippen LogP contribution in [0.25, 0.3) is 0 Å². The highest BCUT2D eigenvalue weighted by Gasteiger charge is 2.31. The molecule has 0 bridgehead atoms. The van der Waals surface area contributed by atoms with Gasteiger partial charge < -0.3 is 14.7 Å². The van der Waals surface area contributed by atoms with E-state index in [-0.39, 0.29) is 6.61 Å². The summed E-state index contributed by atoms with van der Waals surface area (Å²) in [6.45, 7) is 5.91. The van der Waals surface area contributed by atoms with Crippen molar-refractivity contribution in [1.82, 2.24) is 0 Å². The largest absolute Gasteiger partial charge is 0.481 e. The van der Waals surface area contributed by atoms with Crippen LogP contribution >= 0.6 is 15.6 Å². The second-order valence-electron chi connectivity index (χ2n) is 6.68. The van der Waals surface area contributed by atoms with Crippen LogP contribution in [-0.2, 0) is 18.0 Å². The minimum atomic E-state index is -5.06. The van der Waals surface area contributed by atoms with E-state index in [1.54, 1.807) is 6.08 Å². The normalized spacial score (nSPS) is 14.9. The third-order valence-electron chi connectivity index (χ3n) is 3.71. The maximum Gasteiger partial charge on any atom is 0.481 e. The molecule has 0 amide bonds. The van der Waals surface area contributed by atoms with Crippen molar-refractivity contribution in [2.45, 2.75) is 78.6 Å². The molecule has 154 valence electrons. The predicted molar refractivity (Wildman–Crippen MR) is 104 cm³/mol. The Hall–Kier alpha value is -0.260. The molecule has 9 heteroatoms. The van der Waals surface area contributed by atoms with Gasteiger partial charge in [-0.25, -0.2) is 9.13 Å². The number of phosphoric acid groups is 2. The molecule has 0 heterocycles. The molecule has 3 N–H and O–H groups in total. The van der Waals surface area contributed by atoms with Gasteiger partial charge in [-0.1, -0.05) is 55.4 Å². The van der Waals surface area contributed by atoms with Gasteiger partial charge in [0.15, 0.2) is 0 Å². The molecule has 1 unspecified atom stereocenters. The highest BCUT2D eigenvalue weighted by atomic mass is 31.3. The van der Waals surface area contributed by atoms with Gasteiger partial charge in [0.1, 0.15) is 0 Å². The number of phosphoric ester groups is 1. The van der Waals surface area contributed by atoms with Gasteiger partial charge in [-0.2, -0.15) is 4.31 Å². The average Bonchev–Trinajstić information content (AvgIpc) is 2.46. The zero-order valence-electron chi connectivity index (χ0n) is 16.1. The molecule has 0 saturated carbocycles. The average molecular weight is 412 g/mol. The van der Waals surface area contributed by atoms with Crippen LogP contribution in [0.4, 0.5) is 0 Å². The molecule has 0 radical (unpaired) electrons. The van der Waals surface area contributed by atoms with Crippen LogP contribution in [0.3, 0.4) is 0 Å². The molecule has 0 aromatic heterocycles. The van der Waals surface area contributed by atoms with Gasteiger partial charge in [0, 0.05) is 0 Å². The zero-order valence-corrected chi connectivity index (χ0v) is 17.9. The fraction of sp³-hybridized carbons (Fsp3) is 0.765. The molecule has 0 spiro atoms. The van der Waals surface area contributed by atoms with Crippen molar-refractivity contribution in [3.05, 3.63) is 23.3 Å². The van der Waals surface area contributed by atoms with E-state index in [2.05, 4.69) is 28.8 Å². The van der Waals surface area contributed by atoms with Crippen LogP contribution in [0, 0.1) is 0 Å². The van der Waals surface area contributed by atoms with Gasteiger partial charge in [0.25, 0.3) is 0 Å². The maximum atomic E-state index is 11.3. The van der Waals surface area contributed by atoms with E-state index in [1.807, 2.05) is 6.92 Å². The third kappa shape index (κ3) is 18.5. The summed E-state index contributed by atoms with van der Waals surface area (Å²) in [7, 11) is -9.79. The molecule has 0 aliphatic rings. The molecule has 0 saturated heterocycles. The van der Waals surface area contributed by atoms with Crippen molar-refractivity contribution in [2.24, 2.45) is 0 Å². The Morgan fingerprint density at radius 1 is 0.846 bits per heavy atom. The number of hydrogen-bond acceptors (Lipinski definition) is 4. The topological polar surface area (TPSA) is 113 Å². The van der Waals surface area contributed by atoms with E-state index in [0.717, 1.165) is 24.8 Å². The van der Waals surface area contributed by atoms with Crippen LogP contribution in [0.2, 0.25) is 0 Å². The van der Waals surface area contributed by atoms with E-state index in [9.17, 15) is 9.13 Å². The summed E-state index contributed by atoms with van der Waals surface area (Å²) in [6, 6.07) is 0. The van der Waals surface area contributed by atoms with Crippen LogP contribution < -0.4 is 0 Å². The van der Waals surface area contributed by atoms with Gasteiger partial charge in [0.05, 0.1) is 6.61 Å². The maximum absolute atomic E-state index is 11.3. The molecule has 0 fully saturated rings. The van der Waals surface area contributed by atoms with E-state index in [4.69, 9.17) is 14.7 Å². The smallest absolute Gasteiger partial charge is 0.302 e. The summed E-state index contributed by atoms with van der Waals surface area (Å²) in [5.74, 6) is 0. The summed E-state index contributed by atoms with van der Waals surface area (Å²) in [5, 5.41) is 0. The summed E-state index contributed by atoms with van der Waals surface area (Å²) < 4.78 is 30.0. The zero-order chi connectivity index (χ0) is 20.1. The second-order valence-corrected chi connectivity index (χ2v) is 9.51. The standard InChI is InChI=1S/C17H34O7P2/c1-16(2)12-10-8-6-4-5-7-9-11-13-17(3)14-15-23-26(21,22)24-25(18,19)20/h12,14H,4-11,13,15H2,1-3H3,(H,21,22)(H2,18,19,20)/b17-14+. The summed E-state index contributed by atoms with van der Waals surface area (Å²) >= 11 is 0. The molecular weight excluding hydrogens is 378 g/mol. The van der Waals surface area contributed by atoms with Crippen molar-refractivity contribution in [3.63, 3.8) is 0 Å². The van der Waals surface area contributed by atoms with Crippen LogP contribution in [-0.4, -0.2) is 21.3 Å². The predicted octanol–water partition coefficient (Wildman–Crippen LogP) is 5.64. The molecule has 0 aromatic carbocycles. The summed E-state index contributed by atoms with van der Waals surface area (Å²) in [5.41, 5.74) is 2.39. The lowest BCUT2D eigenvalue weighted by atomic mass is 10.0. The Kier molecular flexibility index (Phi) is 13.7. The molecule has 0 aromatic rings. The minimum absolute atomic E-state index is 0.231. The molecule has 0 rings (SSSR count). The lowest BCUT2D eigenvalue weighted by molar-refractivity contribution is 0.191. The molecule has 7 nitrogen and oxygen atoms in total. The quantitative estimate of drug-likeness (QED) is 0.181. The molecule has 1 atom stereocenters. The van der Waals surface area contributed by atoms with E-state index < -0.39 is 15.6 Å². The number of allylic oxidation sites excluding steroid dienone is 3. The summed E-state index contributed by atoms with van der Waals surface area (Å²) in [4.78, 5) is 26.1. The van der Waals surface area contributed by atoms with E-state index in [0.29, 0.717) is 0 Å². The highest BCUT2D eigenvalue weighted by Crippen LogP contribution is 2.57. The van der Waals surface area contributed by atoms with Crippen molar-refractivity contribution < 1.29 is 32.6 Å². The van der Waals surface area contributed by atoms with Crippen LogP contribution in [0.5, 0.6) is 0 Å². The molecule has 0 aliphatic carbocycles. The fourth-order valence-corrected chi connectivity index (χ4v) is 3.88. The van der Waals surface area contributed by atoms with E-state index >= 15 is 0 Å². The SMILES string of the molecule is CC(C)=CCCCCCCCCC/C(C)=C/COP(=O)(O)OP(=O)(O)O. The molecular formula is C17H34O7P2. The van der Waals surface area contributed by atoms with E-state index in [1.165, 1.54) is 44.1 Å². The number of hydrogen-bond donors (Lipinski definition) is 3. The number of rotatable bonds is 15. The fourth-order valence-electron chi connectivity index (χ4n) is 2.36. The Labute approximate surface area is 157 Å². The minimum Gasteiger partial charge on any atom is -0.302 e. The van der Waals surface area contributed by atoms with Gasteiger partial charge >= 0.3 is 15.6 Å². The Balaban J connectivity index is 3.69.